The van der Waals surface area contributed by atoms with Crippen LogP contribution >= 0.6 is 11.6 Å². The maximum atomic E-state index is 11.4. The first-order chi connectivity index (χ1) is 7.95. The van der Waals surface area contributed by atoms with Crippen molar-refractivity contribution in [2.45, 2.75) is 12.8 Å². The Morgan fingerprint density at radius 2 is 2.24 bits per heavy atom. The second kappa shape index (κ2) is 4.88. The number of rotatable bonds is 3. The minimum atomic E-state index is -3.06. The van der Waals surface area contributed by atoms with E-state index in [-0.39, 0.29) is 0 Å². The van der Waals surface area contributed by atoms with Crippen LogP contribution in [-0.4, -0.2) is 42.3 Å². The molecule has 1 aliphatic heterocycles. The summed E-state index contributed by atoms with van der Waals surface area (Å²) >= 11 is 5.65. The molecule has 1 aromatic rings. The molecule has 0 N–H and O–H groups in total. The third kappa shape index (κ3) is 3.37. The maximum absolute atomic E-state index is 11.4. The highest BCUT2D eigenvalue weighted by Crippen LogP contribution is 2.21. The van der Waals surface area contributed by atoms with E-state index in [1.807, 2.05) is 6.07 Å². The van der Waals surface area contributed by atoms with Gasteiger partial charge >= 0.3 is 0 Å². The lowest BCUT2D eigenvalue weighted by molar-refractivity contribution is 0.458. The smallest absolute Gasteiger partial charge is 0.211 e. The van der Waals surface area contributed by atoms with Gasteiger partial charge in [0.15, 0.2) is 5.15 Å². The minimum Gasteiger partial charge on any atom is -0.213 e. The fourth-order valence-corrected chi connectivity index (χ4v) is 3.03. The Labute approximate surface area is 106 Å². The predicted molar refractivity (Wildman–Crippen MR) is 65.3 cm³/mol. The van der Waals surface area contributed by atoms with Crippen LogP contribution in [0, 0.1) is 5.92 Å². The van der Waals surface area contributed by atoms with Crippen molar-refractivity contribution in [1.82, 2.24) is 14.5 Å². The zero-order valence-corrected chi connectivity index (χ0v) is 11.1. The van der Waals surface area contributed by atoms with Gasteiger partial charge in [0.1, 0.15) is 0 Å². The molecule has 1 atom stereocenters. The molecule has 1 saturated heterocycles. The third-order valence-electron chi connectivity index (χ3n) is 2.90. The van der Waals surface area contributed by atoms with Crippen LogP contribution in [0.1, 0.15) is 12.1 Å². The van der Waals surface area contributed by atoms with Crippen molar-refractivity contribution in [2.75, 3.05) is 19.3 Å². The van der Waals surface area contributed by atoms with Gasteiger partial charge in [0.2, 0.25) is 10.0 Å². The highest BCUT2D eigenvalue weighted by atomic mass is 35.5. The molecule has 0 amide bonds. The molecule has 0 saturated carbocycles. The Hall–Kier alpha value is -0.720. The van der Waals surface area contributed by atoms with Gasteiger partial charge in [-0.2, -0.15) is 5.10 Å². The molecule has 0 aliphatic carbocycles. The maximum Gasteiger partial charge on any atom is 0.211 e. The molecule has 17 heavy (non-hydrogen) atoms. The second-order valence-electron chi connectivity index (χ2n) is 4.33. The van der Waals surface area contributed by atoms with Crippen molar-refractivity contribution < 1.29 is 8.42 Å². The summed E-state index contributed by atoms with van der Waals surface area (Å²) in [5.41, 5.74) is 0.856. The molecule has 0 radical (unpaired) electrons. The lowest BCUT2D eigenvalue weighted by atomic mass is 10.0. The monoisotopic (exact) mass is 275 g/mol. The van der Waals surface area contributed by atoms with Crippen molar-refractivity contribution in [2.24, 2.45) is 5.92 Å². The van der Waals surface area contributed by atoms with Crippen LogP contribution in [0.3, 0.4) is 0 Å². The summed E-state index contributed by atoms with van der Waals surface area (Å²) in [7, 11) is -3.06. The molecule has 94 valence electrons. The van der Waals surface area contributed by atoms with E-state index in [0.29, 0.717) is 24.2 Å². The fraction of sp³-hybridized carbons (Fsp3) is 0.600. The first-order valence-corrected chi connectivity index (χ1v) is 7.61. The van der Waals surface area contributed by atoms with Gasteiger partial charge in [-0.1, -0.05) is 11.6 Å². The van der Waals surface area contributed by atoms with Crippen LogP contribution in [0.25, 0.3) is 0 Å². The van der Waals surface area contributed by atoms with E-state index in [9.17, 15) is 8.42 Å². The number of hydrogen-bond acceptors (Lipinski definition) is 4. The van der Waals surface area contributed by atoms with E-state index in [2.05, 4.69) is 10.2 Å². The summed E-state index contributed by atoms with van der Waals surface area (Å²) in [6.45, 7) is 1.17. The molecule has 0 aromatic carbocycles. The van der Waals surface area contributed by atoms with Gasteiger partial charge in [-0.15, -0.1) is 5.10 Å². The van der Waals surface area contributed by atoms with Crippen LogP contribution in [0.5, 0.6) is 0 Å². The SMILES string of the molecule is CS(=O)(=O)N1CCC(Cc2ccc(Cl)nn2)C1. The molecule has 1 unspecified atom stereocenters. The summed E-state index contributed by atoms with van der Waals surface area (Å²) in [4.78, 5) is 0. The summed E-state index contributed by atoms with van der Waals surface area (Å²) < 4.78 is 24.2. The van der Waals surface area contributed by atoms with Gasteiger partial charge in [0.05, 0.1) is 11.9 Å². The highest BCUT2D eigenvalue weighted by molar-refractivity contribution is 7.88. The van der Waals surface area contributed by atoms with Crippen LogP contribution in [0.15, 0.2) is 12.1 Å². The summed E-state index contributed by atoms with van der Waals surface area (Å²) in [5, 5.41) is 8.12. The topological polar surface area (TPSA) is 63.2 Å². The number of sulfonamides is 1. The molecular formula is C10H14ClN3O2S. The summed E-state index contributed by atoms with van der Waals surface area (Å²) in [6.07, 6.45) is 2.87. The van der Waals surface area contributed by atoms with Crippen LogP contribution in [-0.2, 0) is 16.4 Å². The predicted octanol–water partition coefficient (Wildman–Crippen LogP) is 0.954. The van der Waals surface area contributed by atoms with Crippen LogP contribution in [0.2, 0.25) is 5.15 Å². The van der Waals surface area contributed by atoms with Gasteiger partial charge < -0.3 is 0 Å². The third-order valence-corrected chi connectivity index (χ3v) is 4.37. The molecule has 1 fully saturated rings. The molecule has 7 heteroatoms. The van der Waals surface area contributed by atoms with Crippen molar-refractivity contribution in [3.05, 3.63) is 23.0 Å². The first-order valence-electron chi connectivity index (χ1n) is 5.38. The Bertz CT molecular complexity index is 489. The molecule has 1 aliphatic rings. The van der Waals surface area contributed by atoms with Crippen LogP contribution < -0.4 is 0 Å². The number of halogens is 1. The minimum absolute atomic E-state index is 0.320. The lowest BCUT2D eigenvalue weighted by Crippen LogP contribution is -2.27. The van der Waals surface area contributed by atoms with Gasteiger partial charge in [-0.3, -0.25) is 0 Å². The fourth-order valence-electron chi connectivity index (χ4n) is 2.01. The van der Waals surface area contributed by atoms with Gasteiger partial charge in [-0.25, -0.2) is 12.7 Å². The van der Waals surface area contributed by atoms with Crippen molar-refractivity contribution in [1.29, 1.82) is 0 Å². The van der Waals surface area contributed by atoms with E-state index in [1.165, 1.54) is 10.6 Å². The Morgan fingerprint density at radius 1 is 1.47 bits per heavy atom. The molecule has 0 bridgehead atoms. The number of nitrogens with zero attached hydrogens (tertiary/aromatic N) is 3. The standard InChI is InChI=1S/C10H14ClN3O2S/c1-17(15,16)14-5-4-8(7-14)6-9-2-3-10(11)13-12-9/h2-3,8H,4-7H2,1H3. The van der Waals surface area contributed by atoms with E-state index in [0.717, 1.165) is 18.5 Å². The van der Waals surface area contributed by atoms with E-state index >= 15 is 0 Å². The molecular weight excluding hydrogens is 262 g/mol. The zero-order chi connectivity index (χ0) is 12.5. The quantitative estimate of drug-likeness (QED) is 0.824. The molecule has 2 rings (SSSR count). The molecule has 0 spiro atoms. The first kappa shape index (κ1) is 12.7. The normalized spacial score (nSPS) is 21.9. The Morgan fingerprint density at radius 3 is 2.76 bits per heavy atom. The Kier molecular flexibility index (Phi) is 3.65. The van der Waals surface area contributed by atoms with Gasteiger partial charge in [0.25, 0.3) is 0 Å². The van der Waals surface area contributed by atoms with Gasteiger partial charge in [0, 0.05) is 13.1 Å². The van der Waals surface area contributed by atoms with E-state index in [1.54, 1.807) is 6.07 Å². The van der Waals surface area contributed by atoms with Crippen molar-refractivity contribution in [3.8, 4) is 0 Å². The zero-order valence-electron chi connectivity index (χ0n) is 9.50. The molecule has 5 nitrogen and oxygen atoms in total. The largest absolute Gasteiger partial charge is 0.213 e. The van der Waals surface area contributed by atoms with E-state index in [4.69, 9.17) is 11.6 Å². The molecule has 1 aromatic heterocycles. The summed E-state index contributed by atoms with van der Waals surface area (Å²) in [6, 6.07) is 3.53. The summed E-state index contributed by atoms with van der Waals surface area (Å²) in [5.74, 6) is 0.320. The van der Waals surface area contributed by atoms with E-state index < -0.39 is 10.0 Å². The van der Waals surface area contributed by atoms with Crippen LogP contribution in [0.4, 0.5) is 0 Å². The number of hydrogen-bond donors (Lipinski definition) is 0. The number of aromatic nitrogens is 2. The lowest BCUT2D eigenvalue weighted by Gasteiger charge is -2.12. The average Bonchev–Trinajstić information content (AvgIpc) is 2.69. The second-order valence-corrected chi connectivity index (χ2v) is 6.70. The van der Waals surface area contributed by atoms with Crippen molar-refractivity contribution >= 4 is 21.6 Å². The van der Waals surface area contributed by atoms with Crippen molar-refractivity contribution in [3.63, 3.8) is 0 Å². The average molecular weight is 276 g/mol. The molecule has 2 heterocycles. The Balaban J connectivity index is 1.96. The highest BCUT2D eigenvalue weighted by Gasteiger charge is 2.28. The van der Waals surface area contributed by atoms with Gasteiger partial charge in [-0.05, 0) is 30.9 Å².